The summed E-state index contributed by atoms with van der Waals surface area (Å²) in [6, 6.07) is 12.7. The minimum Gasteiger partial charge on any atom is -0.493 e. The van der Waals surface area contributed by atoms with Gasteiger partial charge in [0.25, 0.3) is 0 Å². The summed E-state index contributed by atoms with van der Waals surface area (Å²) < 4.78 is 10.7. The van der Waals surface area contributed by atoms with Crippen molar-refractivity contribution >= 4 is 17.7 Å². The number of aryl methyl sites for hydroxylation is 2. The van der Waals surface area contributed by atoms with Gasteiger partial charge in [0, 0.05) is 37.6 Å². The molecule has 2 aliphatic rings. The fourth-order valence-corrected chi connectivity index (χ4v) is 6.05. The second kappa shape index (κ2) is 12.6. The molecule has 1 unspecified atom stereocenters. The Hall–Kier alpha value is -3.10. The van der Waals surface area contributed by atoms with Crippen LogP contribution < -0.4 is 14.8 Å². The van der Waals surface area contributed by atoms with Gasteiger partial charge in [-0.15, -0.1) is 0 Å². The first-order valence-corrected chi connectivity index (χ1v) is 14.4. The average molecular weight is 533 g/mol. The number of nitrogens with zero attached hydrogens (tertiary/aromatic N) is 3. The second-order valence-corrected chi connectivity index (χ2v) is 11.1. The number of carbonyl (C=O) groups is 1. The summed E-state index contributed by atoms with van der Waals surface area (Å²) in [6.45, 7) is 3.89. The van der Waals surface area contributed by atoms with Crippen molar-refractivity contribution in [1.82, 2.24) is 20.2 Å². The number of aromatic nitrogens is 2. The molecule has 0 saturated carbocycles. The number of fused-ring (bicyclic) bond motifs is 1. The highest BCUT2D eigenvalue weighted by Gasteiger charge is 2.21. The van der Waals surface area contributed by atoms with Gasteiger partial charge in [0.15, 0.2) is 16.7 Å². The largest absolute Gasteiger partial charge is 0.493 e. The van der Waals surface area contributed by atoms with Gasteiger partial charge in [-0.3, -0.25) is 9.69 Å². The Balaban J connectivity index is 1.06. The Morgan fingerprint density at radius 1 is 1.00 bits per heavy atom. The Kier molecular flexibility index (Phi) is 8.81. The smallest absolute Gasteiger partial charge is 0.230 e. The summed E-state index contributed by atoms with van der Waals surface area (Å²) in [5.41, 5.74) is 6.31. The molecule has 0 spiro atoms. The van der Waals surface area contributed by atoms with Gasteiger partial charge in [0.2, 0.25) is 5.91 Å². The quantitative estimate of drug-likeness (QED) is 0.298. The lowest BCUT2D eigenvalue weighted by Gasteiger charge is -2.33. The predicted octanol–water partition coefficient (Wildman–Crippen LogP) is 4.77. The first-order chi connectivity index (χ1) is 18.6. The topological polar surface area (TPSA) is 76.6 Å². The minimum atomic E-state index is 0.0262. The van der Waals surface area contributed by atoms with Crippen LogP contribution in [0.25, 0.3) is 11.1 Å². The number of hydrogen-bond acceptors (Lipinski definition) is 7. The fourth-order valence-electron chi connectivity index (χ4n) is 5.44. The lowest BCUT2D eigenvalue weighted by atomic mass is 9.97. The molecule has 2 aromatic carbocycles. The lowest BCUT2D eigenvalue weighted by molar-refractivity contribution is -0.118. The zero-order chi connectivity index (χ0) is 26.3. The van der Waals surface area contributed by atoms with E-state index in [2.05, 4.69) is 38.4 Å². The second-order valence-electron chi connectivity index (χ2n) is 10.1. The summed E-state index contributed by atoms with van der Waals surface area (Å²) >= 11 is 1.36. The molecule has 1 saturated heterocycles. The Bertz CT molecular complexity index is 1250. The van der Waals surface area contributed by atoms with Crippen LogP contribution in [-0.2, 0) is 24.2 Å². The maximum atomic E-state index is 12.5. The van der Waals surface area contributed by atoms with Gasteiger partial charge in [0.1, 0.15) is 0 Å². The van der Waals surface area contributed by atoms with Gasteiger partial charge < -0.3 is 14.8 Å². The number of likely N-dealkylation sites (tertiary alicyclic amines) is 1. The average Bonchev–Trinajstić information content (AvgIpc) is 3.43. The molecule has 1 atom stereocenters. The number of benzene rings is 2. The van der Waals surface area contributed by atoms with Crippen molar-refractivity contribution in [2.45, 2.75) is 43.8 Å². The van der Waals surface area contributed by atoms with Crippen molar-refractivity contribution in [1.29, 1.82) is 0 Å². The molecule has 5 rings (SSSR count). The summed E-state index contributed by atoms with van der Waals surface area (Å²) in [4.78, 5) is 24.0. The molecule has 1 aliphatic carbocycles. The number of methoxy groups -OCH3 is 2. The van der Waals surface area contributed by atoms with E-state index in [1.807, 2.05) is 18.2 Å². The molecule has 38 heavy (non-hydrogen) atoms. The van der Waals surface area contributed by atoms with Crippen LogP contribution in [0.2, 0.25) is 0 Å². The molecule has 1 amide bonds. The zero-order valence-corrected chi connectivity index (χ0v) is 23.1. The third kappa shape index (κ3) is 6.66. The van der Waals surface area contributed by atoms with Gasteiger partial charge in [0.05, 0.1) is 20.0 Å². The molecule has 1 aliphatic heterocycles. The number of hydrogen-bond donors (Lipinski definition) is 1. The molecule has 0 radical (unpaired) electrons. The van der Waals surface area contributed by atoms with Crippen molar-refractivity contribution in [3.05, 3.63) is 65.5 Å². The van der Waals surface area contributed by atoms with Gasteiger partial charge in [-0.05, 0) is 79.0 Å². The van der Waals surface area contributed by atoms with Crippen LogP contribution in [0.15, 0.2) is 53.9 Å². The van der Waals surface area contributed by atoms with Crippen LogP contribution in [0.1, 0.15) is 36.0 Å². The molecule has 2 heterocycles. The molecule has 1 fully saturated rings. The van der Waals surface area contributed by atoms with E-state index in [1.165, 1.54) is 48.6 Å². The minimum absolute atomic E-state index is 0.0262. The van der Waals surface area contributed by atoms with E-state index in [0.29, 0.717) is 28.3 Å². The van der Waals surface area contributed by atoms with Crippen LogP contribution in [-0.4, -0.2) is 60.4 Å². The van der Waals surface area contributed by atoms with Gasteiger partial charge >= 0.3 is 0 Å². The first-order valence-electron chi connectivity index (χ1n) is 13.4. The Labute approximate surface area is 229 Å². The monoisotopic (exact) mass is 532 g/mol. The molecule has 1 aromatic heterocycles. The lowest BCUT2D eigenvalue weighted by Crippen LogP contribution is -2.41. The van der Waals surface area contributed by atoms with Crippen LogP contribution in [0.3, 0.4) is 0 Å². The number of amides is 1. The molecule has 200 valence electrons. The normalized spacial score (nSPS) is 17.2. The van der Waals surface area contributed by atoms with Crippen molar-refractivity contribution in [2.75, 3.05) is 39.6 Å². The third-order valence-electron chi connectivity index (χ3n) is 7.44. The maximum absolute atomic E-state index is 12.5. The van der Waals surface area contributed by atoms with Gasteiger partial charge in [-0.1, -0.05) is 36.0 Å². The highest BCUT2D eigenvalue weighted by Crippen LogP contribution is 2.32. The molecule has 7 nitrogen and oxygen atoms in total. The zero-order valence-electron chi connectivity index (χ0n) is 22.2. The van der Waals surface area contributed by atoms with Crippen LogP contribution >= 0.6 is 11.8 Å². The molecule has 8 heteroatoms. The van der Waals surface area contributed by atoms with Crippen molar-refractivity contribution in [2.24, 2.45) is 5.92 Å². The van der Waals surface area contributed by atoms with E-state index < -0.39 is 0 Å². The number of carbonyl (C=O) groups excluding carboxylic acids is 1. The highest BCUT2D eigenvalue weighted by molar-refractivity contribution is 7.99. The van der Waals surface area contributed by atoms with Crippen LogP contribution in [0, 0.1) is 5.92 Å². The molecular formula is C30H36N4O3S. The van der Waals surface area contributed by atoms with E-state index in [0.717, 1.165) is 43.7 Å². The van der Waals surface area contributed by atoms with Crippen molar-refractivity contribution < 1.29 is 14.3 Å². The number of thioether (sulfide) groups is 1. The van der Waals surface area contributed by atoms with E-state index in [-0.39, 0.29) is 5.91 Å². The fraction of sp³-hybridized carbons (Fsp3) is 0.433. The van der Waals surface area contributed by atoms with Crippen molar-refractivity contribution in [3.8, 4) is 22.6 Å². The third-order valence-corrected chi connectivity index (χ3v) is 8.31. The van der Waals surface area contributed by atoms with Crippen LogP contribution in [0.4, 0.5) is 0 Å². The van der Waals surface area contributed by atoms with Crippen LogP contribution in [0.5, 0.6) is 11.5 Å². The van der Waals surface area contributed by atoms with E-state index in [4.69, 9.17) is 9.47 Å². The highest BCUT2D eigenvalue weighted by atomic mass is 32.2. The molecule has 0 bridgehead atoms. The SMILES string of the molecule is COc1ccc(-c2cnc(SCC(=O)NCC3CCCN(Cc4ccc5c(c4)CCC5)C3)nc2)cc1OC. The van der Waals surface area contributed by atoms with E-state index in [1.54, 1.807) is 32.2 Å². The summed E-state index contributed by atoms with van der Waals surface area (Å²) in [5.74, 6) is 2.16. The number of rotatable bonds is 10. The Morgan fingerprint density at radius 3 is 2.63 bits per heavy atom. The first kappa shape index (κ1) is 26.5. The number of ether oxygens (including phenoxy) is 2. The Morgan fingerprint density at radius 2 is 1.82 bits per heavy atom. The number of piperidine rings is 1. The maximum Gasteiger partial charge on any atom is 0.230 e. The summed E-state index contributed by atoms with van der Waals surface area (Å²) in [6.07, 6.45) is 9.63. The number of nitrogens with one attached hydrogen (secondary N) is 1. The summed E-state index contributed by atoms with van der Waals surface area (Å²) in [7, 11) is 3.23. The molecule has 1 N–H and O–H groups in total. The van der Waals surface area contributed by atoms with E-state index in [9.17, 15) is 4.79 Å². The summed E-state index contributed by atoms with van der Waals surface area (Å²) in [5, 5.41) is 3.72. The van der Waals surface area contributed by atoms with Gasteiger partial charge in [-0.25, -0.2) is 9.97 Å². The molecular weight excluding hydrogens is 496 g/mol. The predicted molar refractivity (Wildman–Crippen MR) is 151 cm³/mol. The van der Waals surface area contributed by atoms with Gasteiger partial charge in [-0.2, -0.15) is 0 Å². The van der Waals surface area contributed by atoms with E-state index >= 15 is 0 Å². The standard InChI is InChI=1S/C30H36N4O3S/c1-36-27-11-10-25(14-28(27)37-2)26-16-32-30(33-17-26)38-20-29(35)31-15-22-5-4-12-34(19-22)18-21-8-9-23-6-3-7-24(23)13-21/h8-11,13-14,16-17,22H,3-7,12,15,18-20H2,1-2H3,(H,31,35). The molecule has 3 aromatic rings. The van der Waals surface area contributed by atoms with Crippen molar-refractivity contribution in [3.63, 3.8) is 0 Å².